The number of aromatic nitrogens is 1. The van der Waals surface area contributed by atoms with Crippen molar-refractivity contribution in [2.75, 3.05) is 12.0 Å². The van der Waals surface area contributed by atoms with Crippen molar-refractivity contribution in [2.45, 2.75) is 0 Å². The lowest BCUT2D eigenvalue weighted by molar-refractivity contribution is 0.353. The molecule has 3 aromatic rings. The van der Waals surface area contributed by atoms with Gasteiger partial charge in [-0.05, 0) is 24.3 Å². The average Bonchev–Trinajstić information content (AvgIpc) is 2.97. The number of ether oxygens (including phenoxy) is 1. The molecule has 2 aromatic carbocycles. The number of rotatable bonds is 3. The minimum absolute atomic E-state index is 0.530. The summed E-state index contributed by atoms with van der Waals surface area (Å²) in [5.41, 5.74) is 6.07. The Morgan fingerprint density at radius 2 is 2.00 bits per heavy atom. The zero-order valence-electron chi connectivity index (χ0n) is 11.7. The van der Waals surface area contributed by atoms with Crippen molar-refractivity contribution in [3.8, 4) is 5.75 Å². The van der Waals surface area contributed by atoms with Crippen LogP contribution in [0.1, 0.15) is 5.56 Å². The van der Waals surface area contributed by atoms with E-state index < -0.39 is 0 Å². The number of hydrogen-bond acceptors (Lipinski definition) is 5. The van der Waals surface area contributed by atoms with Gasteiger partial charge in [0.25, 0.3) is 0 Å². The Morgan fingerprint density at radius 1 is 1.14 bits per heavy atom. The number of hydrazone groups is 1. The lowest BCUT2D eigenvalue weighted by atomic mass is 10.1. The van der Waals surface area contributed by atoms with E-state index >= 15 is 0 Å². The Kier molecular flexibility index (Phi) is 3.33. The van der Waals surface area contributed by atoms with Gasteiger partial charge in [-0.25, -0.2) is 4.98 Å². The number of fused-ring (bicyclic) bond motifs is 2. The molecular weight excluding hydrogens is 294 g/mol. The summed E-state index contributed by atoms with van der Waals surface area (Å²) in [6.45, 7) is 0.530. The molecule has 0 radical (unpaired) electrons. The van der Waals surface area contributed by atoms with Crippen LogP contribution in [0.3, 0.4) is 0 Å². The van der Waals surface area contributed by atoms with Crippen molar-refractivity contribution in [3.05, 3.63) is 59.7 Å². The van der Waals surface area contributed by atoms with E-state index in [4.69, 9.17) is 4.74 Å². The summed E-state index contributed by atoms with van der Waals surface area (Å²) in [6.07, 6.45) is 3.87. The fraction of sp³-hybridized carbons (Fsp3) is 0.0588. The van der Waals surface area contributed by atoms with Crippen LogP contribution >= 0.6 is 11.3 Å². The molecule has 5 heteroatoms. The molecule has 0 unspecified atom stereocenters. The zero-order valence-corrected chi connectivity index (χ0v) is 12.5. The summed E-state index contributed by atoms with van der Waals surface area (Å²) < 4.78 is 6.83. The lowest BCUT2D eigenvalue weighted by Crippen LogP contribution is -2.08. The number of benzene rings is 2. The molecule has 0 atom stereocenters. The standard InChI is InChI=1S/C17H13N3OS/c1-3-7-15-13(5-1)9-12(11-21-15)10-18-20-17-19-14-6-2-4-8-16(14)22-17/h1-10H,11H2,(H,19,20)/b18-10+. The normalized spacial score (nSPS) is 13.7. The highest BCUT2D eigenvalue weighted by atomic mass is 32.1. The monoisotopic (exact) mass is 307 g/mol. The molecular formula is C17H13N3OS. The Balaban J connectivity index is 1.50. The van der Waals surface area contributed by atoms with E-state index in [9.17, 15) is 0 Å². The van der Waals surface area contributed by atoms with Gasteiger partial charge in [-0.2, -0.15) is 5.10 Å². The van der Waals surface area contributed by atoms with Gasteiger partial charge in [0, 0.05) is 11.1 Å². The molecule has 0 aliphatic carbocycles. The fourth-order valence-electron chi connectivity index (χ4n) is 2.30. The van der Waals surface area contributed by atoms with Crippen LogP contribution in [0.4, 0.5) is 5.13 Å². The van der Waals surface area contributed by atoms with Gasteiger partial charge >= 0.3 is 0 Å². The zero-order chi connectivity index (χ0) is 14.8. The Labute approximate surface area is 131 Å². The molecule has 0 bridgehead atoms. The van der Waals surface area contributed by atoms with Gasteiger partial charge in [-0.3, -0.25) is 5.43 Å². The lowest BCUT2D eigenvalue weighted by Gasteiger charge is -2.15. The maximum absolute atomic E-state index is 5.69. The van der Waals surface area contributed by atoms with Crippen LogP contribution in [0, 0.1) is 0 Å². The summed E-state index contributed by atoms with van der Waals surface area (Å²) in [5.74, 6) is 0.916. The molecule has 1 aliphatic rings. The van der Waals surface area contributed by atoms with Crippen LogP contribution in [-0.4, -0.2) is 17.8 Å². The minimum atomic E-state index is 0.530. The van der Waals surface area contributed by atoms with Gasteiger partial charge in [-0.15, -0.1) is 0 Å². The molecule has 1 aliphatic heterocycles. The van der Waals surface area contributed by atoms with Gasteiger partial charge in [0.2, 0.25) is 5.13 Å². The number of anilines is 1. The Morgan fingerprint density at radius 3 is 2.95 bits per heavy atom. The van der Waals surface area contributed by atoms with Crippen LogP contribution in [0.2, 0.25) is 0 Å². The van der Waals surface area contributed by atoms with Crippen molar-refractivity contribution in [1.29, 1.82) is 0 Å². The number of para-hydroxylation sites is 2. The summed E-state index contributed by atoms with van der Waals surface area (Å²) in [6, 6.07) is 16.0. The summed E-state index contributed by atoms with van der Waals surface area (Å²) in [4.78, 5) is 4.47. The Bertz CT molecular complexity index is 849. The van der Waals surface area contributed by atoms with E-state index in [1.807, 2.05) is 42.5 Å². The molecule has 108 valence electrons. The largest absolute Gasteiger partial charge is 0.488 e. The summed E-state index contributed by atoms with van der Waals surface area (Å²) >= 11 is 1.59. The fourth-order valence-corrected chi connectivity index (χ4v) is 3.11. The van der Waals surface area contributed by atoms with Crippen LogP contribution in [-0.2, 0) is 0 Å². The second-order valence-corrected chi connectivity index (χ2v) is 5.93. The van der Waals surface area contributed by atoms with Gasteiger partial charge in [0.1, 0.15) is 12.4 Å². The van der Waals surface area contributed by atoms with E-state index in [0.29, 0.717) is 6.61 Å². The van der Waals surface area contributed by atoms with E-state index in [0.717, 1.165) is 32.2 Å². The summed E-state index contributed by atoms with van der Waals surface area (Å²) in [5, 5.41) is 5.05. The number of nitrogens with zero attached hydrogens (tertiary/aromatic N) is 2. The van der Waals surface area contributed by atoms with E-state index in [2.05, 4.69) is 27.7 Å². The van der Waals surface area contributed by atoms with E-state index in [1.165, 1.54) is 0 Å². The molecule has 1 aromatic heterocycles. The molecule has 0 saturated heterocycles. The quantitative estimate of drug-likeness (QED) is 0.583. The van der Waals surface area contributed by atoms with Gasteiger partial charge in [0.15, 0.2) is 0 Å². The first-order valence-electron chi connectivity index (χ1n) is 6.95. The first-order chi connectivity index (χ1) is 10.9. The highest BCUT2D eigenvalue weighted by Crippen LogP contribution is 2.26. The number of nitrogens with one attached hydrogen (secondary N) is 1. The molecule has 4 rings (SSSR count). The maximum atomic E-state index is 5.69. The number of thiazole rings is 1. The third-order valence-corrected chi connectivity index (χ3v) is 4.28. The molecule has 22 heavy (non-hydrogen) atoms. The van der Waals surface area contributed by atoms with Gasteiger partial charge < -0.3 is 4.74 Å². The van der Waals surface area contributed by atoms with Crippen LogP contribution in [0.25, 0.3) is 16.3 Å². The van der Waals surface area contributed by atoms with E-state index in [1.54, 1.807) is 17.6 Å². The van der Waals surface area contributed by atoms with E-state index in [-0.39, 0.29) is 0 Å². The van der Waals surface area contributed by atoms with Gasteiger partial charge in [0.05, 0.1) is 16.4 Å². The summed E-state index contributed by atoms with van der Waals surface area (Å²) in [7, 11) is 0. The molecule has 0 spiro atoms. The smallest absolute Gasteiger partial charge is 0.204 e. The highest BCUT2D eigenvalue weighted by molar-refractivity contribution is 7.22. The van der Waals surface area contributed by atoms with Crippen LogP contribution in [0.5, 0.6) is 5.75 Å². The SMILES string of the molecule is C1=C(/C=N/Nc2nc3ccccc3s2)COc2ccccc21. The first kappa shape index (κ1) is 13.0. The number of hydrogen-bond donors (Lipinski definition) is 1. The van der Waals surface area contributed by atoms with Gasteiger partial charge in [-0.1, -0.05) is 41.7 Å². The highest BCUT2D eigenvalue weighted by Gasteiger charge is 2.08. The van der Waals surface area contributed by atoms with Crippen molar-refractivity contribution in [2.24, 2.45) is 5.10 Å². The van der Waals surface area contributed by atoms with Crippen LogP contribution < -0.4 is 10.2 Å². The average molecular weight is 307 g/mol. The molecule has 0 amide bonds. The first-order valence-corrected chi connectivity index (χ1v) is 7.77. The predicted molar refractivity (Wildman–Crippen MR) is 91.6 cm³/mol. The minimum Gasteiger partial charge on any atom is -0.488 e. The van der Waals surface area contributed by atoms with Crippen LogP contribution in [0.15, 0.2) is 59.2 Å². The Hall–Kier alpha value is -2.66. The maximum Gasteiger partial charge on any atom is 0.204 e. The second-order valence-electron chi connectivity index (χ2n) is 4.90. The molecule has 0 fully saturated rings. The second kappa shape index (κ2) is 5.61. The molecule has 2 heterocycles. The molecule has 0 saturated carbocycles. The van der Waals surface area contributed by atoms with Crippen molar-refractivity contribution >= 4 is 39.0 Å². The van der Waals surface area contributed by atoms with Crippen molar-refractivity contribution < 1.29 is 4.74 Å². The third kappa shape index (κ3) is 2.58. The molecule has 1 N–H and O–H groups in total. The molecule has 4 nitrogen and oxygen atoms in total. The predicted octanol–water partition coefficient (Wildman–Crippen LogP) is 4.17. The van der Waals surface area contributed by atoms with Crippen molar-refractivity contribution in [3.63, 3.8) is 0 Å². The van der Waals surface area contributed by atoms with Crippen molar-refractivity contribution in [1.82, 2.24) is 4.98 Å². The third-order valence-electron chi connectivity index (χ3n) is 3.34. The topological polar surface area (TPSA) is 46.5 Å².